The zero-order valence-electron chi connectivity index (χ0n) is 9.09. The Bertz CT molecular complexity index is 838. The second-order valence-electron chi connectivity index (χ2n) is 3.86. The molecule has 3 aromatic rings. The van der Waals surface area contributed by atoms with Crippen molar-refractivity contribution in [2.24, 2.45) is 0 Å². The fraction of sp³-hybridized carbons (Fsp3) is 0. The summed E-state index contributed by atoms with van der Waals surface area (Å²) < 4.78 is 2.25. The Morgan fingerprint density at radius 2 is 1.37 bits per heavy atom. The van der Waals surface area contributed by atoms with E-state index in [1.54, 1.807) is 6.07 Å². The van der Waals surface area contributed by atoms with Gasteiger partial charge in [0.1, 0.15) is 11.0 Å². The summed E-state index contributed by atoms with van der Waals surface area (Å²) in [6.07, 6.45) is 0. The van der Waals surface area contributed by atoms with Gasteiger partial charge in [-0.25, -0.2) is 9.97 Å². The molecule has 1 aromatic heterocycles. The highest BCUT2D eigenvalue weighted by atomic mass is 79.9. The number of phenolic OH excluding ortho intramolecular Hbond substituents is 1. The molecule has 96 valence electrons. The van der Waals surface area contributed by atoms with Crippen molar-refractivity contribution in [3.05, 3.63) is 36.6 Å². The normalized spacial score (nSPS) is 11.4. The molecule has 0 spiro atoms. The van der Waals surface area contributed by atoms with Crippen molar-refractivity contribution in [2.45, 2.75) is 0 Å². The number of halogens is 4. The average molecular weight is 467 g/mol. The van der Waals surface area contributed by atoms with Gasteiger partial charge in [0.15, 0.2) is 5.75 Å². The van der Waals surface area contributed by atoms with Crippen molar-refractivity contribution < 1.29 is 5.11 Å². The number of phenols is 1. The molecule has 0 saturated carbocycles. The van der Waals surface area contributed by atoms with Gasteiger partial charge >= 0.3 is 0 Å². The summed E-state index contributed by atoms with van der Waals surface area (Å²) >= 11 is 16.2. The van der Waals surface area contributed by atoms with E-state index >= 15 is 0 Å². The van der Waals surface area contributed by atoms with Crippen LogP contribution in [0, 0.1) is 0 Å². The molecule has 0 atom stereocenters. The predicted molar refractivity (Wildman–Crippen MR) is 86.8 cm³/mol. The maximum Gasteiger partial charge on any atom is 0.157 e. The maximum absolute atomic E-state index is 10.0. The number of aromatic nitrogens is 2. The summed E-state index contributed by atoms with van der Waals surface area (Å²) in [6, 6.07) is 5.29. The molecule has 7 heteroatoms. The first-order valence-corrected chi connectivity index (χ1v) is 7.86. The predicted octanol–water partition coefficient (Wildman–Crippen LogP) is 5.43. The molecule has 0 radical (unpaired) electrons. The largest absolute Gasteiger partial charge is 0.504 e. The maximum atomic E-state index is 10.0. The third kappa shape index (κ3) is 2.24. The summed E-state index contributed by atoms with van der Waals surface area (Å²) in [4.78, 5) is 8.88. The van der Waals surface area contributed by atoms with Crippen LogP contribution >= 0.6 is 59.4 Å². The summed E-state index contributed by atoms with van der Waals surface area (Å²) in [5, 5.41) is 10.5. The first kappa shape index (κ1) is 13.5. The van der Waals surface area contributed by atoms with Crippen molar-refractivity contribution in [3.8, 4) is 5.75 Å². The Morgan fingerprint density at radius 3 is 1.95 bits per heavy atom. The fourth-order valence-electron chi connectivity index (χ4n) is 1.74. The topological polar surface area (TPSA) is 46.0 Å². The van der Waals surface area contributed by atoms with Crippen LogP contribution in [0.2, 0.25) is 5.02 Å². The van der Waals surface area contributed by atoms with E-state index < -0.39 is 0 Å². The van der Waals surface area contributed by atoms with Crippen LogP contribution in [0.5, 0.6) is 5.75 Å². The first-order chi connectivity index (χ1) is 8.97. The highest BCUT2D eigenvalue weighted by Crippen LogP contribution is 2.37. The summed E-state index contributed by atoms with van der Waals surface area (Å²) in [7, 11) is 0. The molecule has 0 saturated heterocycles. The molecule has 0 unspecified atom stereocenters. The zero-order chi connectivity index (χ0) is 13.7. The Morgan fingerprint density at radius 1 is 0.842 bits per heavy atom. The Labute approximate surface area is 138 Å². The van der Waals surface area contributed by atoms with Crippen molar-refractivity contribution in [2.75, 3.05) is 0 Å². The lowest BCUT2D eigenvalue weighted by Gasteiger charge is -2.07. The summed E-state index contributed by atoms with van der Waals surface area (Å²) in [5.74, 6) is 0.0350. The molecule has 0 aliphatic carbocycles. The minimum atomic E-state index is 0.0350. The van der Waals surface area contributed by atoms with Crippen molar-refractivity contribution in [1.82, 2.24) is 9.97 Å². The van der Waals surface area contributed by atoms with Crippen LogP contribution in [0.15, 0.2) is 31.6 Å². The standard InChI is InChI=1S/C12H4Br3ClN2O/c13-4-2-8-9(3-5(4)14)18-11-10(17-8)7(16)1-6(15)12(11)19/h1-3,19H. The van der Waals surface area contributed by atoms with E-state index in [0.29, 0.717) is 31.6 Å². The highest BCUT2D eigenvalue weighted by Gasteiger charge is 2.13. The quantitative estimate of drug-likeness (QED) is 0.449. The van der Waals surface area contributed by atoms with Gasteiger partial charge < -0.3 is 5.11 Å². The van der Waals surface area contributed by atoms with Crippen molar-refractivity contribution in [1.29, 1.82) is 0 Å². The number of fused-ring (bicyclic) bond motifs is 2. The lowest BCUT2D eigenvalue weighted by molar-refractivity contribution is 0.477. The molecule has 1 heterocycles. The first-order valence-electron chi connectivity index (χ1n) is 5.11. The third-order valence-electron chi connectivity index (χ3n) is 2.64. The van der Waals surface area contributed by atoms with Crippen LogP contribution in [-0.4, -0.2) is 15.1 Å². The molecule has 0 aliphatic rings. The number of rotatable bonds is 0. The van der Waals surface area contributed by atoms with E-state index in [9.17, 15) is 5.11 Å². The lowest BCUT2D eigenvalue weighted by Crippen LogP contribution is -1.90. The van der Waals surface area contributed by atoms with Gasteiger partial charge in [-0.05, 0) is 66.0 Å². The number of benzene rings is 2. The minimum Gasteiger partial charge on any atom is -0.504 e. The van der Waals surface area contributed by atoms with Gasteiger partial charge in [0.05, 0.1) is 20.5 Å². The second-order valence-corrected chi connectivity index (χ2v) is 6.83. The summed E-state index contributed by atoms with van der Waals surface area (Å²) in [5.41, 5.74) is 2.23. The van der Waals surface area contributed by atoms with E-state index in [1.165, 1.54) is 0 Å². The van der Waals surface area contributed by atoms with Crippen LogP contribution in [0.4, 0.5) is 0 Å². The molecule has 19 heavy (non-hydrogen) atoms. The van der Waals surface area contributed by atoms with Crippen LogP contribution in [-0.2, 0) is 0 Å². The van der Waals surface area contributed by atoms with Crippen LogP contribution in [0.1, 0.15) is 0 Å². The van der Waals surface area contributed by atoms with E-state index in [1.807, 2.05) is 12.1 Å². The van der Waals surface area contributed by atoms with Gasteiger partial charge in [-0.15, -0.1) is 0 Å². The Kier molecular flexibility index (Phi) is 3.45. The molecule has 0 fully saturated rings. The molecule has 1 N–H and O–H groups in total. The highest BCUT2D eigenvalue weighted by molar-refractivity contribution is 9.13. The van der Waals surface area contributed by atoms with Gasteiger partial charge in [-0.3, -0.25) is 0 Å². The molecular formula is C12H4Br3ClN2O. The van der Waals surface area contributed by atoms with Gasteiger partial charge in [-0.2, -0.15) is 0 Å². The third-order valence-corrected chi connectivity index (χ3v) is 5.37. The van der Waals surface area contributed by atoms with Crippen molar-refractivity contribution >= 4 is 81.5 Å². The second kappa shape index (κ2) is 4.84. The molecule has 0 amide bonds. The zero-order valence-corrected chi connectivity index (χ0v) is 14.6. The van der Waals surface area contributed by atoms with Gasteiger partial charge in [-0.1, -0.05) is 11.6 Å². The molecular weight excluding hydrogens is 463 g/mol. The van der Waals surface area contributed by atoms with Crippen molar-refractivity contribution in [3.63, 3.8) is 0 Å². The fourth-order valence-corrected chi connectivity index (χ4v) is 3.20. The monoisotopic (exact) mass is 464 g/mol. The summed E-state index contributed by atoms with van der Waals surface area (Å²) in [6.45, 7) is 0. The molecule has 0 bridgehead atoms. The molecule has 0 aliphatic heterocycles. The van der Waals surface area contributed by atoms with Gasteiger partial charge in [0.2, 0.25) is 0 Å². The van der Waals surface area contributed by atoms with Crippen LogP contribution in [0.25, 0.3) is 22.1 Å². The average Bonchev–Trinajstić information content (AvgIpc) is 2.36. The number of aromatic hydroxyl groups is 1. The van der Waals surface area contributed by atoms with Crippen LogP contribution < -0.4 is 0 Å². The van der Waals surface area contributed by atoms with Gasteiger partial charge in [0.25, 0.3) is 0 Å². The van der Waals surface area contributed by atoms with E-state index in [0.717, 1.165) is 8.95 Å². The van der Waals surface area contributed by atoms with Gasteiger partial charge in [0, 0.05) is 8.95 Å². The number of nitrogens with zero attached hydrogens (tertiary/aromatic N) is 2. The van der Waals surface area contributed by atoms with E-state index in [4.69, 9.17) is 11.6 Å². The molecule has 3 rings (SSSR count). The Hall–Kier alpha value is -0.430. The smallest absolute Gasteiger partial charge is 0.157 e. The van der Waals surface area contributed by atoms with E-state index in [2.05, 4.69) is 57.8 Å². The van der Waals surface area contributed by atoms with Crippen LogP contribution in [0.3, 0.4) is 0 Å². The molecule has 3 nitrogen and oxygen atoms in total. The van der Waals surface area contributed by atoms with E-state index in [-0.39, 0.29) is 5.75 Å². The lowest BCUT2D eigenvalue weighted by atomic mass is 10.2. The Balaban J connectivity index is 2.52. The number of hydrogen-bond acceptors (Lipinski definition) is 3. The minimum absolute atomic E-state index is 0.0350. The molecule has 2 aromatic carbocycles. The SMILES string of the molecule is Oc1c(Br)cc(Cl)c2nc3cc(Br)c(Br)cc3nc12. The number of hydrogen-bond donors (Lipinski definition) is 1.